The van der Waals surface area contributed by atoms with E-state index in [1.165, 1.54) is 11.8 Å². The summed E-state index contributed by atoms with van der Waals surface area (Å²) in [6, 6.07) is 15.9. The van der Waals surface area contributed by atoms with Crippen molar-refractivity contribution in [2.75, 3.05) is 32.9 Å². The summed E-state index contributed by atoms with van der Waals surface area (Å²) in [7, 11) is 0. The summed E-state index contributed by atoms with van der Waals surface area (Å²) in [4.78, 5) is 19.8. The predicted molar refractivity (Wildman–Crippen MR) is 140 cm³/mol. The van der Waals surface area contributed by atoms with Crippen LogP contribution in [0.5, 0.6) is 5.75 Å². The van der Waals surface area contributed by atoms with Crippen molar-refractivity contribution in [3.05, 3.63) is 83.4 Å². The van der Waals surface area contributed by atoms with Crippen LogP contribution in [0.4, 0.5) is 0 Å². The van der Waals surface area contributed by atoms with Gasteiger partial charge in [-0.25, -0.2) is 4.68 Å². The number of hydrogen-bond donors (Lipinski definition) is 0. The summed E-state index contributed by atoms with van der Waals surface area (Å²) in [5, 5.41) is 5.65. The molecule has 0 atom stereocenters. The first kappa shape index (κ1) is 23.1. The fourth-order valence-electron chi connectivity index (χ4n) is 3.99. The van der Waals surface area contributed by atoms with E-state index in [4.69, 9.17) is 14.6 Å². The maximum Gasteiger partial charge on any atom is 0.286 e. The lowest BCUT2D eigenvalue weighted by molar-refractivity contribution is -0.113. The third-order valence-electron chi connectivity index (χ3n) is 5.76. The summed E-state index contributed by atoms with van der Waals surface area (Å²) >= 11 is 1.41. The molecule has 1 fully saturated rings. The topological polar surface area (TPSA) is 68.9 Å². The second kappa shape index (κ2) is 10.3. The number of aromatic nitrogens is 2. The molecular formula is C27H26N4O3S. The van der Waals surface area contributed by atoms with Gasteiger partial charge < -0.3 is 14.4 Å². The zero-order valence-corrected chi connectivity index (χ0v) is 20.3. The normalized spacial score (nSPS) is 17.1. The van der Waals surface area contributed by atoms with Gasteiger partial charge in [-0.2, -0.15) is 10.1 Å². The lowest BCUT2D eigenvalue weighted by Gasteiger charge is -2.27. The van der Waals surface area contributed by atoms with Gasteiger partial charge in [-0.1, -0.05) is 30.9 Å². The molecule has 3 aromatic rings. The highest BCUT2D eigenvalue weighted by Gasteiger charge is 2.28. The maximum absolute atomic E-state index is 12.8. The molecule has 0 spiro atoms. The Morgan fingerprint density at radius 3 is 2.71 bits per heavy atom. The number of amidine groups is 1. The van der Waals surface area contributed by atoms with Crippen molar-refractivity contribution >= 4 is 28.9 Å². The first-order valence-electron chi connectivity index (χ1n) is 11.5. The van der Waals surface area contributed by atoms with Crippen LogP contribution in [0.25, 0.3) is 23.0 Å². The van der Waals surface area contributed by atoms with Gasteiger partial charge in [0.05, 0.1) is 23.8 Å². The Hall–Kier alpha value is -3.62. The minimum Gasteiger partial charge on any atom is -0.490 e. The van der Waals surface area contributed by atoms with Crippen molar-refractivity contribution in [3.8, 4) is 22.7 Å². The predicted octanol–water partition coefficient (Wildman–Crippen LogP) is 4.72. The minimum atomic E-state index is -0.222. The number of morpholine rings is 1. The Morgan fingerprint density at radius 1 is 1.17 bits per heavy atom. The molecular weight excluding hydrogens is 460 g/mol. The monoisotopic (exact) mass is 486 g/mol. The lowest BCUT2D eigenvalue weighted by atomic mass is 10.0. The van der Waals surface area contributed by atoms with Crippen LogP contribution >= 0.6 is 11.8 Å². The number of ether oxygens (including phenoxy) is 2. The number of nitrogens with zero attached hydrogens (tertiary/aromatic N) is 4. The summed E-state index contributed by atoms with van der Waals surface area (Å²) < 4.78 is 13.0. The number of carbonyl (C=O) groups is 1. The van der Waals surface area contributed by atoms with E-state index in [1.807, 2.05) is 72.4 Å². The average molecular weight is 487 g/mol. The Kier molecular flexibility index (Phi) is 6.83. The van der Waals surface area contributed by atoms with Gasteiger partial charge in [0, 0.05) is 30.4 Å². The van der Waals surface area contributed by atoms with Crippen LogP contribution in [0.15, 0.2) is 77.3 Å². The molecule has 2 aromatic carbocycles. The highest BCUT2D eigenvalue weighted by Crippen LogP contribution is 2.35. The number of aliphatic imine (C=N–C) groups is 1. The Bertz CT molecular complexity index is 1310. The molecule has 0 radical (unpaired) electrons. The number of thioether (sulfide) groups is 1. The molecule has 0 unspecified atom stereocenters. The molecule has 5 rings (SSSR count). The van der Waals surface area contributed by atoms with Gasteiger partial charge in [0.15, 0.2) is 5.17 Å². The Morgan fingerprint density at radius 2 is 1.97 bits per heavy atom. The van der Waals surface area contributed by atoms with Crippen molar-refractivity contribution in [2.45, 2.75) is 6.92 Å². The summed E-state index contributed by atoms with van der Waals surface area (Å²) in [6.45, 7) is 8.95. The van der Waals surface area contributed by atoms with E-state index >= 15 is 0 Å². The van der Waals surface area contributed by atoms with Gasteiger partial charge >= 0.3 is 0 Å². The molecule has 1 saturated heterocycles. The van der Waals surface area contributed by atoms with E-state index < -0.39 is 0 Å². The van der Waals surface area contributed by atoms with E-state index in [0.29, 0.717) is 24.7 Å². The van der Waals surface area contributed by atoms with Crippen LogP contribution in [-0.2, 0) is 9.53 Å². The van der Waals surface area contributed by atoms with Crippen LogP contribution in [-0.4, -0.2) is 58.7 Å². The third kappa shape index (κ3) is 5.08. The van der Waals surface area contributed by atoms with Crippen LogP contribution in [0.1, 0.15) is 11.1 Å². The van der Waals surface area contributed by atoms with Gasteiger partial charge in [0.2, 0.25) is 0 Å². The number of hydrogen-bond acceptors (Lipinski definition) is 6. The smallest absolute Gasteiger partial charge is 0.286 e. The van der Waals surface area contributed by atoms with Gasteiger partial charge in [-0.05, 0) is 60.7 Å². The zero-order chi connectivity index (χ0) is 24.2. The quantitative estimate of drug-likeness (QED) is 0.371. The Labute approximate surface area is 208 Å². The highest BCUT2D eigenvalue weighted by molar-refractivity contribution is 8.18. The van der Waals surface area contributed by atoms with E-state index in [-0.39, 0.29) is 5.91 Å². The largest absolute Gasteiger partial charge is 0.490 e. The van der Waals surface area contributed by atoms with Crippen LogP contribution in [0.3, 0.4) is 0 Å². The van der Waals surface area contributed by atoms with Crippen LogP contribution < -0.4 is 4.74 Å². The fourth-order valence-corrected chi connectivity index (χ4v) is 4.95. The molecule has 7 nitrogen and oxygen atoms in total. The molecule has 1 amide bonds. The number of aryl methyl sites for hydroxylation is 1. The third-order valence-corrected chi connectivity index (χ3v) is 6.81. The molecule has 0 aliphatic carbocycles. The zero-order valence-electron chi connectivity index (χ0n) is 19.5. The second-order valence-electron chi connectivity index (χ2n) is 8.20. The lowest BCUT2D eigenvalue weighted by Crippen LogP contribution is -2.38. The van der Waals surface area contributed by atoms with Crippen molar-refractivity contribution in [1.82, 2.24) is 14.7 Å². The number of rotatable bonds is 6. The number of benzene rings is 2. The van der Waals surface area contributed by atoms with E-state index in [1.54, 1.807) is 6.08 Å². The van der Waals surface area contributed by atoms with Gasteiger partial charge in [0.1, 0.15) is 18.1 Å². The van der Waals surface area contributed by atoms with E-state index in [9.17, 15) is 4.79 Å². The summed E-state index contributed by atoms with van der Waals surface area (Å²) in [5.41, 5.74) is 4.59. The number of carbonyl (C=O) groups excluding carboxylic acids is 1. The first-order chi connectivity index (χ1) is 17.1. The molecule has 8 heteroatoms. The molecule has 35 heavy (non-hydrogen) atoms. The van der Waals surface area contributed by atoms with Gasteiger partial charge in [-0.3, -0.25) is 4.79 Å². The summed E-state index contributed by atoms with van der Waals surface area (Å²) in [6.07, 6.45) is 5.58. The van der Waals surface area contributed by atoms with Crippen molar-refractivity contribution in [3.63, 3.8) is 0 Å². The minimum absolute atomic E-state index is 0.222. The maximum atomic E-state index is 12.8. The molecule has 0 saturated carbocycles. The number of para-hydroxylation sites is 1. The molecule has 178 valence electrons. The highest BCUT2D eigenvalue weighted by atomic mass is 32.2. The second-order valence-corrected chi connectivity index (χ2v) is 9.21. The Balaban J connectivity index is 1.51. The molecule has 2 aliphatic heterocycles. The SMILES string of the molecule is C=CCOc1ccc(-c2nn(-c3ccccc3)cc2/C=C2\SC(N3CCOCC3)=NC2=O)c(C)c1. The number of amides is 1. The van der Waals surface area contributed by atoms with Gasteiger partial charge in [0.25, 0.3) is 5.91 Å². The molecule has 0 N–H and O–H groups in total. The van der Waals surface area contributed by atoms with Crippen molar-refractivity contribution in [2.24, 2.45) is 4.99 Å². The molecule has 0 bridgehead atoms. The van der Waals surface area contributed by atoms with E-state index in [0.717, 1.165) is 52.1 Å². The average Bonchev–Trinajstić information content (AvgIpc) is 3.47. The van der Waals surface area contributed by atoms with Crippen molar-refractivity contribution < 1.29 is 14.3 Å². The fraction of sp³-hybridized carbons (Fsp3) is 0.222. The van der Waals surface area contributed by atoms with Gasteiger partial charge in [-0.15, -0.1) is 0 Å². The molecule has 3 heterocycles. The van der Waals surface area contributed by atoms with Crippen molar-refractivity contribution in [1.29, 1.82) is 0 Å². The van der Waals surface area contributed by atoms with E-state index in [2.05, 4.69) is 16.5 Å². The summed E-state index contributed by atoms with van der Waals surface area (Å²) in [5.74, 6) is 0.554. The van der Waals surface area contributed by atoms with Crippen LogP contribution in [0.2, 0.25) is 0 Å². The van der Waals surface area contributed by atoms with Crippen LogP contribution in [0, 0.1) is 6.92 Å². The standard InChI is InChI=1S/C27H26N4O3S/c1-3-13-34-22-9-10-23(19(2)16-22)25-20(18-31(29-25)21-7-5-4-6-8-21)17-24-26(32)28-27(35-24)30-11-14-33-15-12-30/h3-10,16-18H,1,11-15H2,2H3/b24-17-. The molecule has 1 aromatic heterocycles. The first-order valence-corrected chi connectivity index (χ1v) is 12.3. The molecule has 2 aliphatic rings.